The number of rotatable bonds is 2. The van der Waals surface area contributed by atoms with Crippen LogP contribution in [0, 0.1) is 62.6 Å². The Hall–Kier alpha value is -0.300. The van der Waals surface area contributed by atoms with E-state index in [1.54, 1.807) is 0 Å². The highest BCUT2D eigenvalue weighted by molar-refractivity contribution is 5.20. The zero-order valence-electron chi connectivity index (χ0n) is 22.4. The normalized spacial score (nSPS) is 56.5. The van der Waals surface area contributed by atoms with E-state index in [0.29, 0.717) is 34.2 Å². The van der Waals surface area contributed by atoms with Gasteiger partial charge in [0.2, 0.25) is 0 Å². The van der Waals surface area contributed by atoms with Gasteiger partial charge in [0.1, 0.15) is 0 Å². The van der Waals surface area contributed by atoms with Crippen molar-refractivity contribution in [2.24, 2.45) is 62.6 Å². The largest absolute Gasteiger partial charge is 0.396 e. The van der Waals surface area contributed by atoms with E-state index < -0.39 is 0 Å². The van der Waals surface area contributed by atoms with Gasteiger partial charge in [-0.25, -0.2) is 0 Å². The Kier molecular flexibility index (Phi) is 5.21. The molecule has 1 heteroatoms. The first-order valence-corrected chi connectivity index (χ1v) is 14.1. The molecule has 4 unspecified atom stereocenters. The monoisotopic (exact) mass is 440 g/mol. The predicted molar refractivity (Wildman–Crippen MR) is 135 cm³/mol. The summed E-state index contributed by atoms with van der Waals surface area (Å²) in [6, 6.07) is 0. The van der Waals surface area contributed by atoms with E-state index in [4.69, 9.17) is 0 Å². The van der Waals surface area contributed by atoms with E-state index >= 15 is 0 Å². The van der Waals surface area contributed by atoms with Gasteiger partial charge in [0, 0.05) is 6.61 Å². The van der Waals surface area contributed by atoms with Gasteiger partial charge in [0.05, 0.1) is 0 Å². The molecule has 0 radical (unpaired) electrons. The zero-order valence-corrected chi connectivity index (χ0v) is 22.4. The minimum atomic E-state index is 0.266. The summed E-state index contributed by atoms with van der Waals surface area (Å²) in [6.07, 6.45) is 13.9. The van der Waals surface area contributed by atoms with Gasteiger partial charge < -0.3 is 5.11 Å². The van der Waals surface area contributed by atoms with Crippen molar-refractivity contribution in [3.8, 4) is 0 Å². The number of allylic oxidation sites excluding steroid dienone is 1. The van der Waals surface area contributed by atoms with Crippen molar-refractivity contribution in [2.75, 3.05) is 6.61 Å². The molecule has 0 aliphatic heterocycles. The molecule has 32 heavy (non-hydrogen) atoms. The lowest BCUT2D eigenvalue weighted by atomic mass is 9.32. The number of aliphatic hydroxyl groups is 1. The molecule has 10 atom stereocenters. The molecular formula is C31H52O. The Morgan fingerprint density at radius 1 is 0.781 bits per heavy atom. The van der Waals surface area contributed by atoms with Crippen LogP contribution in [0.4, 0.5) is 0 Å². The second-order valence-corrected chi connectivity index (χ2v) is 15.1. The van der Waals surface area contributed by atoms with Crippen LogP contribution in [0.1, 0.15) is 113 Å². The number of fused-ring (bicyclic) bond motifs is 7. The van der Waals surface area contributed by atoms with Crippen LogP contribution in [0.15, 0.2) is 12.2 Å². The van der Waals surface area contributed by atoms with Crippen LogP contribution >= 0.6 is 0 Å². The van der Waals surface area contributed by atoms with Crippen molar-refractivity contribution >= 4 is 0 Å². The van der Waals surface area contributed by atoms with E-state index in [9.17, 15) is 5.11 Å². The number of hydrogen-bond acceptors (Lipinski definition) is 1. The highest BCUT2D eigenvalue weighted by Crippen LogP contribution is 2.77. The predicted octanol–water partition coefficient (Wildman–Crippen LogP) is 8.27. The van der Waals surface area contributed by atoms with Crippen LogP contribution in [-0.4, -0.2) is 11.7 Å². The molecular weight excluding hydrogens is 388 g/mol. The van der Waals surface area contributed by atoms with Gasteiger partial charge in [-0.05, 0) is 134 Å². The fraction of sp³-hybridized carbons (Fsp3) is 0.935. The Morgan fingerprint density at radius 2 is 1.50 bits per heavy atom. The van der Waals surface area contributed by atoms with Gasteiger partial charge in [-0.15, -0.1) is 0 Å². The second kappa shape index (κ2) is 7.11. The third-order valence-corrected chi connectivity index (χ3v) is 14.0. The topological polar surface area (TPSA) is 20.2 Å². The molecule has 1 N–H and O–H groups in total. The molecule has 5 rings (SSSR count). The summed E-state index contributed by atoms with van der Waals surface area (Å²) in [4.78, 5) is 0. The Morgan fingerprint density at radius 3 is 2.16 bits per heavy atom. The maximum atomic E-state index is 10.2. The average molecular weight is 441 g/mol. The maximum absolute atomic E-state index is 10.2. The Labute approximate surface area is 199 Å². The highest BCUT2D eigenvalue weighted by atomic mass is 16.3. The van der Waals surface area contributed by atoms with Gasteiger partial charge in [0.25, 0.3) is 0 Å². The Bertz CT molecular complexity index is 781. The quantitative estimate of drug-likeness (QED) is 0.428. The summed E-state index contributed by atoms with van der Waals surface area (Å²) >= 11 is 0. The van der Waals surface area contributed by atoms with Crippen LogP contribution in [0.3, 0.4) is 0 Å². The number of aliphatic hydroxyl groups excluding tert-OH is 1. The fourth-order valence-corrected chi connectivity index (χ4v) is 11.9. The van der Waals surface area contributed by atoms with Crippen LogP contribution in [0.25, 0.3) is 0 Å². The molecule has 5 saturated carbocycles. The maximum Gasteiger partial charge on any atom is 0.0464 e. The fourth-order valence-electron chi connectivity index (χ4n) is 11.9. The molecule has 0 amide bonds. The first-order valence-electron chi connectivity index (χ1n) is 14.1. The van der Waals surface area contributed by atoms with Gasteiger partial charge >= 0.3 is 0 Å². The number of hydrogen-bond donors (Lipinski definition) is 1. The molecule has 0 bridgehead atoms. The summed E-state index contributed by atoms with van der Waals surface area (Å²) in [7, 11) is 0. The molecule has 0 aromatic carbocycles. The minimum absolute atomic E-state index is 0.266. The van der Waals surface area contributed by atoms with Crippen molar-refractivity contribution in [1.82, 2.24) is 0 Å². The highest BCUT2D eigenvalue weighted by Gasteiger charge is 2.70. The van der Waals surface area contributed by atoms with E-state index in [2.05, 4.69) is 55.0 Å². The van der Waals surface area contributed by atoms with Crippen LogP contribution < -0.4 is 0 Å². The zero-order chi connectivity index (χ0) is 23.3. The van der Waals surface area contributed by atoms with Gasteiger partial charge in [-0.2, -0.15) is 0 Å². The minimum Gasteiger partial charge on any atom is -0.396 e. The smallest absolute Gasteiger partial charge is 0.0464 e. The lowest BCUT2D eigenvalue weighted by molar-refractivity contribution is -0.242. The summed E-state index contributed by atoms with van der Waals surface area (Å²) in [5.41, 5.74) is 3.67. The first kappa shape index (κ1) is 23.4. The lowest BCUT2D eigenvalue weighted by Crippen LogP contribution is -2.66. The molecule has 1 nitrogen and oxygen atoms in total. The van der Waals surface area contributed by atoms with Crippen molar-refractivity contribution < 1.29 is 5.11 Å². The summed E-state index contributed by atoms with van der Waals surface area (Å²) in [6.45, 7) is 23.0. The molecule has 0 aromatic rings. The molecule has 5 fully saturated rings. The molecule has 5 aliphatic rings. The summed E-state index contributed by atoms with van der Waals surface area (Å²) in [5.74, 6) is 4.61. The molecule has 0 heterocycles. The Balaban J connectivity index is 1.53. The molecule has 0 saturated heterocycles. The van der Waals surface area contributed by atoms with E-state index in [1.807, 2.05) is 0 Å². The van der Waals surface area contributed by atoms with Crippen molar-refractivity contribution in [3.05, 3.63) is 12.2 Å². The molecule has 0 spiro atoms. The van der Waals surface area contributed by atoms with Crippen molar-refractivity contribution in [1.29, 1.82) is 0 Å². The molecule has 182 valence electrons. The van der Waals surface area contributed by atoms with Crippen LogP contribution in [-0.2, 0) is 0 Å². The van der Waals surface area contributed by atoms with E-state index in [-0.39, 0.29) is 5.41 Å². The lowest BCUT2D eigenvalue weighted by Gasteiger charge is -2.73. The van der Waals surface area contributed by atoms with E-state index in [0.717, 1.165) is 29.6 Å². The van der Waals surface area contributed by atoms with Crippen LogP contribution in [0.5, 0.6) is 0 Å². The average Bonchev–Trinajstić information content (AvgIpc) is 3.06. The SMILES string of the molecule is C=C(C)[C@@H]1CC[C@]2(C)CC[C@]3(C)C(CCC4[C@@]5(C)CC[C@H](CO)C(C)(C)C5CC[C@]43C)C12. The molecule has 0 aromatic heterocycles. The summed E-state index contributed by atoms with van der Waals surface area (Å²) < 4.78 is 0. The third-order valence-electron chi connectivity index (χ3n) is 14.0. The van der Waals surface area contributed by atoms with Crippen LogP contribution in [0.2, 0.25) is 0 Å². The van der Waals surface area contributed by atoms with Crippen molar-refractivity contribution in [3.63, 3.8) is 0 Å². The first-order chi connectivity index (χ1) is 14.8. The standard InChI is InChI=1S/C31H52O/c1-20(2)22-12-14-28(5)17-18-30(7)23(26(22)28)9-10-25-29(6)15-11-21(19-32)27(3,4)24(29)13-16-31(25,30)8/h21-26,32H,1,9-19H2,2-8H3/t21-,22+,23?,24?,25?,26?,28-,29+,30-,31-/m1/s1. The van der Waals surface area contributed by atoms with E-state index in [1.165, 1.54) is 69.8 Å². The second-order valence-electron chi connectivity index (χ2n) is 15.1. The van der Waals surface area contributed by atoms with Gasteiger partial charge in [0.15, 0.2) is 0 Å². The third kappa shape index (κ3) is 2.73. The van der Waals surface area contributed by atoms with Gasteiger partial charge in [-0.1, -0.05) is 53.7 Å². The van der Waals surface area contributed by atoms with Crippen molar-refractivity contribution in [2.45, 2.75) is 113 Å². The molecule has 5 aliphatic carbocycles. The summed E-state index contributed by atoms with van der Waals surface area (Å²) in [5, 5.41) is 10.2. The van der Waals surface area contributed by atoms with Gasteiger partial charge in [-0.3, -0.25) is 0 Å².